The molecule has 2 fully saturated rings. The summed E-state index contributed by atoms with van der Waals surface area (Å²) in [6, 6.07) is 19.5. The Morgan fingerprint density at radius 1 is 1.00 bits per heavy atom. The molecule has 27 heavy (non-hydrogen) atoms. The van der Waals surface area contributed by atoms with Crippen molar-refractivity contribution in [2.75, 3.05) is 13.1 Å². The van der Waals surface area contributed by atoms with Gasteiger partial charge in [0.2, 0.25) is 0 Å². The molecule has 0 aromatic heterocycles. The Kier molecular flexibility index (Phi) is 5.29. The summed E-state index contributed by atoms with van der Waals surface area (Å²) in [5, 5.41) is 18.8. The highest BCUT2D eigenvalue weighted by Gasteiger charge is 2.44. The van der Waals surface area contributed by atoms with E-state index in [0.29, 0.717) is 5.92 Å². The molecule has 1 aliphatic heterocycles. The van der Waals surface area contributed by atoms with Crippen LogP contribution in [0.3, 0.4) is 0 Å². The topological polar surface area (TPSA) is 47.3 Å². The summed E-state index contributed by atoms with van der Waals surface area (Å²) >= 11 is 0. The first-order chi connectivity index (χ1) is 13.2. The van der Waals surface area contributed by atoms with Crippen molar-refractivity contribution in [3.8, 4) is 6.07 Å². The smallest absolute Gasteiger partial charge is 0.0823 e. The molecule has 1 aliphatic carbocycles. The largest absolute Gasteiger partial charge is 0.392 e. The van der Waals surface area contributed by atoms with Crippen molar-refractivity contribution < 1.29 is 5.11 Å². The maximum absolute atomic E-state index is 9.52. The number of aliphatic hydroxyl groups is 1. The van der Waals surface area contributed by atoms with E-state index in [1.54, 1.807) is 0 Å². The van der Waals surface area contributed by atoms with Crippen molar-refractivity contribution in [1.29, 1.82) is 5.26 Å². The lowest BCUT2D eigenvalue weighted by Crippen LogP contribution is -2.34. The van der Waals surface area contributed by atoms with Gasteiger partial charge in [-0.15, -0.1) is 0 Å². The Hall–Kier alpha value is -2.15. The van der Waals surface area contributed by atoms with Gasteiger partial charge in [0.1, 0.15) is 0 Å². The SMILES string of the molecule is N#CC1(c2ccc(CN3CCC(Cc4ccccc4CO)CC3)cc2)CC1. The second kappa shape index (κ2) is 7.84. The van der Waals surface area contributed by atoms with Gasteiger partial charge in [0.25, 0.3) is 0 Å². The van der Waals surface area contributed by atoms with Crippen molar-refractivity contribution in [3.05, 3.63) is 70.8 Å². The fraction of sp³-hybridized carbons (Fsp3) is 0.458. The molecule has 140 valence electrons. The third kappa shape index (κ3) is 4.08. The lowest BCUT2D eigenvalue weighted by atomic mass is 9.88. The van der Waals surface area contributed by atoms with E-state index in [1.165, 1.54) is 29.5 Å². The Morgan fingerprint density at radius 2 is 1.67 bits per heavy atom. The lowest BCUT2D eigenvalue weighted by molar-refractivity contribution is 0.176. The molecular weight excluding hydrogens is 332 g/mol. The quantitative estimate of drug-likeness (QED) is 0.840. The molecule has 0 amide bonds. The van der Waals surface area contributed by atoms with Crippen LogP contribution in [0.25, 0.3) is 0 Å². The first-order valence-corrected chi connectivity index (χ1v) is 10.1. The van der Waals surface area contributed by atoms with Gasteiger partial charge in [-0.05, 0) is 73.4 Å². The second-order valence-electron chi connectivity index (χ2n) is 8.24. The number of likely N-dealkylation sites (tertiary alicyclic amines) is 1. The molecule has 1 N–H and O–H groups in total. The number of aliphatic hydroxyl groups excluding tert-OH is 1. The minimum atomic E-state index is -0.179. The van der Waals surface area contributed by atoms with Gasteiger partial charge < -0.3 is 5.11 Å². The summed E-state index contributed by atoms with van der Waals surface area (Å²) in [6.07, 6.45) is 5.53. The van der Waals surface area contributed by atoms with E-state index >= 15 is 0 Å². The number of piperidine rings is 1. The number of rotatable bonds is 6. The Morgan fingerprint density at radius 3 is 2.26 bits per heavy atom. The molecule has 2 aromatic carbocycles. The molecule has 3 nitrogen and oxygen atoms in total. The van der Waals surface area contributed by atoms with Crippen molar-refractivity contribution in [2.45, 2.75) is 50.7 Å². The molecule has 3 heteroatoms. The van der Waals surface area contributed by atoms with Gasteiger partial charge in [0, 0.05) is 6.54 Å². The molecule has 2 aliphatic rings. The van der Waals surface area contributed by atoms with Gasteiger partial charge in [0.15, 0.2) is 0 Å². The van der Waals surface area contributed by atoms with E-state index < -0.39 is 0 Å². The van der Waals surface area contributed by atoms with Gasteiger partial charge in [-0.3, -0.25) is 4.90 Å². The number of benzene rings is 2. The molecule has 0 bridgehead atoms. The fourth-order valence-electron chi connectivity index (χ4n) is 4.35. The zero-order valence-corrected chi connectivity index (χ0v) is 15.9. The standard InChI is InChI=1S/C24H28N2O/c25-18-24(11-12-24)23-7-5-20(6-8-23)16-26-13-9-19(10-14-26)15-21-3-1-2-4-22(21)17-27/h1-8,19,27H,9-17H2. The fourth-order valence-corrected chi connectivity index (χ4v) is 4.35. The van der Waals surface area contributed by atoms with Crippen LogP contribution in [0.1, 0.15) is 47.9 Å². The van der Waals surface area contributed by atoms with Gasteiger partial charge in [0.05, 0.1) is 18.1 Å². The third-order valence-corrected chi connectivity index (χ3v) is 6.38. The summed E-state index contributed by atoms with van der Waals surface area (Å²) in [5.41, 5.74) is 4.74. The van der Waals surface area contributed by atoms with Crippen molar-refractivity contribution >= 4 is 0 Å². The second-order valence-corrected chi connectivity index (χ2v) is 8.24. The summed E-state index contributed by atoms with van der Waals surface area (Å²) in [5.74, 6) is 0.710. The minimum Gasteiger partial charge on any atom is -0.392 e. The third-order valence-electron chi connectivity index (χ3n) is 6.38. The van der Waals surface area contributed by atoms with Crippen LogP contribution >= 0.6 is 0 Å². The summed E-state index contributed by atoms with van der Waals surface area (Å²) < 4.78 is 0. The van der Waals surface area contributed by atoms with Crippen molar-refractivity contribution in [1.82, 2.24) is 4.90 Å². The molecule has 0 unspecified atom stereocenters. The van der Waals surface area contributed by atoms with E-state index in [1.807, 2.05) is 12.1 Å². The minimum absolute atomic E-state index is 0.137. The first-order valence-electron chi connectivity index (χ1n) is 10.1. The van der Waals surface area contributed by atoms with Gasteiger partial charge in [-0.1, -0.05) is 48.5 Å². The molecule has 1 saturated heterocycles. The van der Waals surface area contributed by atoms with Gasteiger partial charge in [-0.2, -0.15) is 5.26 Å². The first kappa shape index (κ1) is 18.2. The van der Waals surface area contributed by atoms with Gasteiger partial charge >= 0.3 is 0 Å². The highest BCUT2D eigenvalue weighted by Crippen LogP contribution is 2.47. The number of hydrogen-bond acceptors (Lipinski definition) is 3. The summed E-state index contributed by atoms with van der Waals surface area (Å²) in [7, 11) is 0. The maximum Gasteiger partial charge on any atom is 0.0823 e. The highest BCUT2D eigenvalue weighted by atomic mass is 16.3. The van der Waals surface area contributed by atoms with E-state index in [0.717, 1.165) is 44.5 Å². The molecule has 1 heterocycles. The van der Waals surface area contributed by atoms with E-state index in [-0.39, 0.29) is 12.0 Å². The van der Waals surface area contributed by atoms with Gasteiger partial charge in [-0.25, -0.2) is 0 Å². The van der Waals surface area contributed by atoms with Crippen molar-refractivity contribution in [3.63, 3.8) is 0 Å². The average Bonchev–Trinajstić information content (AvgIpc) is 3.52. The predicted octanol–water partition coefficient (Wildman–Crippen LogP) is 4.19. The van der Waals surface area contributed by atoms with E-state index in [9.17, 15) is 10.4 Å². The molecule has 1 saturated carbocycles. The molecular formula is C24H28N2O. The molecule has 0 spiro atoms. The molecule has 2 aromatic rings. The van der Waals surface area contributed by atoms with Crippen LogP contribution in [0.4, 0.5) is 0 Å². The highest BCUT2D eigenvalue weighted by molar-refractivity contribution is 5.40. The predicted molar refractivity (Wildman–Crippen MR) is 107 cm³/mol. The van der Waals surface area contributed by atoms with E-state index in [2.05, 4.69) is 47.4 Å². The van der Waals surface area contributed by atoms with E-state index in [4.69, 9.17) is 0 Å². The Labute approximate surface area is 162 Å². The van der Waals surface area contributed by atoms with Crippen molar-refractivity contribution in [2.24, 2.45) is 5.92 Å². The van der Waals surface area contributed by atoms with Crippen LogP contribution < -0.4 is 0 Å². The maximum atomic E-state index is 9.52. The number of nitriles is 1. The summed E-state index contributed by atoms with van der Waals surface area (Å²) in [6.45, 7) is 3.41. The normalized spacial score (nSPS) is 19.6. The summed E-state index contributed by atoms with van der Waals surface area (Å²) in [4.78, 5) is 2.54. The van der Waals surface area contributed by atoms with Crippen LogP contribution in [0.15, 0.2) is 48.5 Å². The van der Waals surface area contributed by atoms with Crippen LogP contribution in [-0.2, 0) is 25.0 Å². The number of nitrogens with zero attached hydrogens (tertiary/aromatic N) is 2. The molecule has 4 rings (SSSR count). The Bertz CT molecular complexity index is 809. The average molecular weight is 361 g/mol. The van der Waals surface area contributed by atoms with Crippen LogP contribution in [-0.4, -0.2) is 23.1 Å². The number of hydrogen-bond donors (Lipinski definition) is 1. The van der Waals surface area contributed by atoms with Crippen LogP contribution in [0, 0.1) is 17.2 Å². The van der Waals surface area contributed by atoms with Crippen LogP contribution in [0.2, 0.25) is 0 Å². The lowest BCUT2D eigenvalue weighted by Gasteiger charge is -2.32. The monoisotopic (exact) mass is 360 g/mol. The molecule has 0 atom stereocenters. The zero-order valence-electron chi connectivity index (χ0n) is 15.9. The Balaban J connectivity index is 1.29. The zero-order chi connectivity index (χ0) is 18.7. The van der Waals surface area contributed by atoms with Crippen LogP contribution in [0.5, 0.6) is 0 Å². The molecule has 0 radical (unpaired) electrons.